The Morgan fingerprint density at radius 2 is 1.90 bits per heavy atom. The van der Waals surface area contributed by atoms with Crippen LogP contribution in [0.3, 0.4) is 0 Å². The number of nitrogens with zero attached hydrogens (tertiary/aromatic N) is 2. The number of aromatic nitrogens is 2. The van der Waals surface area contributed by atoms with Crippen molar-refractivity contribution in [2.45, 2.75) is 17.6 Å². The first kappa shape index (κ1) is 16.6. The Labute approximate surface area is 135 Å². The van der Waals surface area contributed by atoms with E-state index in [2.05, 4.69) is 17.7 Å². The van der Waals surface area contributed by atoms with E-state index in [1.54, 1.807) is 24.3 Å². The van der Waals surface area contributed by atoms with Gasteiger partial charge in [-0.05, 0) is 36.4 Å². The van der Waals surface area contributed by atoms with Crippen LogP contribution in [0, 0.1) is 0 Å². The Morgan fingerprint density at radius 3 is 2.48 bits per heavy atom. The molecule has 0 saturated carbocycles. The molecule has 0 amide bonds. The molecule has 8 heteroatoms. The summed E-state index contributed by atoms with van der Waals surface area (Å²) < 4.78 is 39.8. The standard InChI is InChI=1S/C13H12ClF3N2S2/c14-9-2-4-10(5-3-9)19-12(21-7-1-6-20)8-11(18-19)13(15,16)17/h2-5,8,20H,1,6-7H2. The smallest absolute Gasteiger partial charge is 0.227 e. The Balaban J connectivity index is 2.36. The second-order valence-corrected chi connectivity index (χ2v) is 6.18. The van der Waals surface area contributed by atoms with Crippen LogP contribution in [0.15, 0.2) is 35.4 Å². The minimum absolute atomic E-state index is 0.450. The van der Waals surface area contributed by atoms with Crippen molar-refractivity contribution in [3.8, 4) is 5.69 Å². The van der Waals surface area contributed by atoms with E-state index in [1.807, 2.05) is 0 Å². The van der Waals surface area contributed by atoms with Crippen molar-refractivity contribution in [2.75, 3.05) is 11.5 Å². The van der Waals surface area contributed by atoms with Gasteiger partial charge in [-0.2, -0.15) is 30.9 Å². The summed E-state index contributed by atoms with van der Waals surface area (Å²) in [6, 6.07) is 7.58. The van der Waals surface area contributed by atoms with Gasteiger partial charge in [0.1, 0.15) is 5.03 Å². The van der Waals surface area contributed by atoms with E-state index in [9.17, 15) is 13.2 Å². The Kier molecular flexibility index (Phi) is 5.51. The van der Waals surface area contributed by atoms with Crippen LogP contribution in [0.4, 0.5) is 13.2 Å². The van der Waals surface area contributed by atoms with Crippen LogP contribution in [0.25, 0.3) is 5.69 Å². The van der Waals surface area contributed by atoms with Gasteiger partial charge in [0.05, 0.1) is 5.69 Å². The highest BCUT2D eigenvalue weighted by atomic mass is 35.5. The molecule has 2 rings (SSSR count). The van der Waals surface area contributed by atoms with Gasteiger partial charge in [-0.1, -0.05) is 11.6 Å². The molecule has 2 aromatic rings. The third-order valence-electron chi connectivity index (χ3n) is 2.59. The Bertz CT molecular complexity index is 596. The molecule has 0 saturated heterocycles. The van der Waals surface area contributed by atoms with E-state index >= 15 is 0 Å². The zero-order chi connectivity index (χ0) is 15.5. The number of hydrogen-bond donors (Lipinski definition) is 1. The fourth-order valence-electron chi connectivity index (χ4n) is 1.61. The molecule has 0 aliphatic rings. The fraction of sp³-hybridized carbons (Fsp3) is 0.308. The largest absolute Gasteiger partial charge is 0.435 e. The maximum atomic E-state index is 12.8. The summed E-state index contributed by atoms with van der Waals surface area (Å²) >= 11 is 11.2. The molecule has 1 heterocycles. The molecule has 0 bridgehead atoms. The van der Waals surface area contributed by atoms with Gasteiger partial charge in [0.25, 0.3) is 0 Å². The van der Waals surface area contributed by atoms with Crippen molar-refractivity contribution in [3.05, 3.63) is 41.0 Å². The molecular formula is C13H12ClF3N2S2. The van der Waals surface area contributed by atoms with Crippen LogP contribution in [0.5, 0.6) is 0 Å². The number of alkyl halides is 3. The van der Waals surface area contributed by atoms with Gasteiger partial charge in [-0.15, -0.1) is 11.8 Å². The minimum atomic E-state index is -4.46. The average Bonchev–Trinajstić information content (AvgIpc) is 2.84. The van der Waals surface area contributed by atoms with E-state index in [-0.39, 0.29) is 0 Å². The molecular weight excluding hydrogens is 341 g/mol. The van der Waals surface area contributed by atoms with Gasteiger partial charge in [0, 0.05) is 16.8 Å². The van der Waals surface area contributed by atoms with Crippen LogP contribution in [0.1, 0.15) is 12.1 Å². The van der Waals surface area contributed by atoms with E-state index in [0.29, 0.717) is 27.2 Å². The molecule has 1 aromatic carbocycles. The molecule has 0 radical (unpaired) electrons. The predicted molar refractivity (Wildman–Crippen MR) is 82.8 cm³/mol. The lowest BCUT2D eigenvalue weighted by molar-refractivity contribution is -0.141. The summed E-state index contributed by atoms with van der Waals surface area (Å²) in [6.45, 7) is 0. The molecule has 0 N–H and O–H groups in total. The molecule has 1 aromatic heterocycles. The fourth-order valence-corrected chi connectivity index (χ4v) is 3.07. The lowest BCUT2D eigenvalue weighted by Crippen LogP contribution is -2.07. The maximum absolute atomic E-state index is 12.8. The van der Waals surface area contributed by atoms with E-state index in [1.165, 1.54) is 16.4 Å². The first-order valence-corrected chi connectivity index (χ1v) is 8.08. The molecule has 0 atom stereocenters. The van der Waals surface area contributed by atoms with E-state index in [4.69, 9.17) is 11.6 Å². The Hall–Kier alpha value is -0.790. The van der Waals surface area contributed by atoms with Gasteiger partial charge in [-0.25, -0.2) is 4.68 Å². The molecule has 2 nitrogen and oxygen atoms in total. The molecule has 0 spiro atoms. The van der Waals surface area contributed by atoms with Crippen LogP contribution in [0.2, 0.25) is 5.02 Å². The van der Waals surface area contributed by atoms with Gasteiger partial charge in [0.15, 0.2) is 5.69 Å². The summed E-state index contributed by atoms with van der Waals surface area (Å²) in [6.07, 6.45) is -3.66. The van der Waals surface area contributed by atoms with Gasteiger partial charge >= 0.3 is 6.18 Å². The van der Waals surface area contributed by atoms with Crippen LogP contribution in [-0.2, 0) is 6.18 Å². The predicted octanol–water partition coefficient (Wildman–Crippen LogP) is 4.96. The first-order valence-electron chi connectivity index (χ1n) is 6.08. The van der Waals surface area contributed by atoms with Gasteiger partial charge < -0.3 is 0 Å². The second kappa shape index (κ2) is 6.98. The zero-order valence-electron chi connectivity index (χ0n) is 10.8. The van der Waals surface area contributed by atoms with Crippen molar-refractivity contribution in [2.24, 2.45) is 0 Å². The molecule has 0 fully saturated rings. The quantitative estimate of drug-likeness (QED) is 0.466. The van der Waals surface area contributed by atoms with E-state index < -0.39 is 11.9 Å². The number of benzene rings is 1. The van der Waals surface area contributed by atoms with E-state index in [0.717, 1.165) is 12.5 Å². The summed E-state index contributed by atoms with van der Waals surface area (Å²) in [5, 5.41) is 4.64. The van der Waals surface area contributed by atoms with Crippen molar-refractivity contribution in [1.82, 2.24) is 9.78 Å². The summed E-state index contributed by atoms with van der Waals surface area (Å²) in [4.78, 5) is 0. The highest BCUT2D eigenvalue weighted by Gasteiger charge is 2.35. The Morgan fingerprint density at radius 1 is 1.24 bits per heavy atom. The summed E-state index contributed by atoms with van der Waals surface area (Å²) in [5.41, 5.74) is -0.353. The number of thioether (sulfide) groups is 1. The van der Waals surface area contributed by atoms with Crippen molar-refractivity contribution in [1.29, 1.82) is 0 Å². The number of hydrogen-bond acceptors (Lipinski definition) is 3. The SMILES string of the molecule is FC(F)(F)c1cc(SCCCS)n(-c2ccc(Cl)cc2)n1. The number of halogens is 4. The molecule has 0 unspecified atom stereocenters. The summed E-state index contributed by atoms with van der Waals surface area (Å²) in [7, 11) is 0. The van der Waals surface area contributed by atoms with Crippen LogP contribution in [-0.4, -0.2) is 21.3 Å². The van der Waals surface area contributed by atoms with Crippen LogP contribution >= 0.6 is 36.0 Å². The van der Waals surface area contributed by atoms with Gasteiger partial charge in [-0.3, -0.25) is 0 Å². The lowest BCUT2D eigenvalue weighted by atomic mass is 10.3. The second-order valence-electron chi connectivity index (χ2n) is 4.18. The van der Waals surface area contributed by atoms with Crippen LogP contribution < -0.4 is 0 Å². The van der Waals surface area contributed by atoms with Crippen molar-refractivity contribution >= 4 is 36.0 Å². The zero-order valence-corrected chi connectivity index (χ0v) is 13.2. The number of thiol groups is 1. The molecule has 0 aliphatic carbocycles. The highest BCUT2D eigenvalue weighted by molar-refractivity contribution is 7.99. The summed E-state index contributed by atoms with van der Waals surface area (Å²) in [5.74, 6) is 1.37. The maximum Gasteiger partial charge on any atom is 0.435 e. The molecule has 0 aliphatic heterocycles. The lowest BCUT2D eigenvalue weighted by Gasteiger charge is -2.07. The first-order chi connectivity index (χ1) is 9.91. The van der Waals surface area contributed by atoms with Crippen molar-refractivity contribution in [3.63, 3.8) is 0 Å². The van der Waals surface area contributed by atoms with Gasteiger partial charge in [0.2, 0.25) is 0 Å². The topological polar surface area (TPSA) is 17.8 Å². The third-order valence-corrected chi connectivity index (χ3v) is 4.24. The minimum Gasteiger partial charge on any atom is -0.227 e. The monoisotopic (exact) mass is 352 g/mol. The average molecular weight is 353 g/mol. The third kappa shape index (κ3) is 4.34. The number of rotatable bonds is 5. The van der Waals surface area contributed by atoms with Crippen molar-refractivity contribution < 1.29 is 13.2 Å². The highest BCUT2D eigenvalue weighted by Crippen LogP contribution is 2.33. The molecule has 114 valence electrons. The molecule has 21 heavy (non-hydrogen) atoms. The normalized spacial score (nSPS) is 11.9.